The summed E-state index contributed by atoms with van der Waals surface area (Å²) in [5, 5.41) is 3.94. The Kier molecular flexibility index (Phi) is 3.29. The fourth-order valence-electron chi connectivity index (χ4n) is 1.60. The molecule has 2 aromatic heterocycles. The molecule has 18 heavy (non-hydrogen) atoms. The molecule has 6 nitrogen and oxygen atoms in total. The Hall–Kier alpha value is -1.95. The quantitative estimate of drug-likeness (QED) is 0.890. The van der Waals surface area contributed by atoms with E-state index in [0.29, 0.717) is 29.6 Å². The first kappa shape index (κ1) is 12.5. The lowest BCUT2D eigenvalue weighted by atomic mass is 10.1. The lowest BCUT2D eigenvalue weighted by molar-refractivity contribution is -0.0221. The van der Waals surface area contributed by atoms with Crippen LogP contribution in [0.5, 0.6) is 0 Å². The van der Waals surface area contributed by atoms with Gasteiger partial charge in [0.15, 0.2) is 0 Å². The van der Waals surface area contributed by atoms with Crippen LogP contribution >= 0.6 is 0 Å². The third kappa shape index (κ3) is 2.33. The standard InChI is InChI=1S/C12H16N4O2/c1-4-17-12(2,3)11-15-10(18-16-11)8-5-6-14-7-9(8)13/h5-7H,4,13H2,1-3H3. The van der Waals surface area contributed by atoms with E-state index >= 15 is 0 Å². The molecule has 6 heteroatoms. The summed E-state index contributed by atoms with van der Waals surface area (Å²) in [4.78, 5) is 8.24. The first-order valence-electron chi connectivity index (χ1n) is 5.72. The van der Waals surface area contributed by atoms with E-state index in [0.717, 1.165) is 0 Å². The molecule has 0 aromatic carbocycles. The molecule has 0 fully saturated rings. The Balaban J connectivity index is 2.34. The van der Waals surface area contributed by atoms with Crippen LogP contribution in [0.15, 0.2) is 23.0 Å². The smallest absolute Gasteiger partial charge is 0.260 e. The van der Waals surface area contributed by atoms with E-state index in [1.165, 1.54) is 0 Å². The summed E-state index contributed by atoms with van der Waals surface area (Å²) in [5.74, 6) is 0.869. The van der Waals surface area contributed by atoms with E-state index in [1.54, 1.807) is 18.5 Å². The van der Waals surface area contributed by atoms with Crippen molar-refractivity contribution in [1.29, 1.82) is 0 Å². The zero-order valence-electron chi connectivity index (χ0n) is 10.7. The van der Waals surface area contributed by atoms with Crippen molar-refractivity contribution in [3.05, 3.63) is 24.3 Å². The number of nitrogens with two attached hydrogens (primary N) is 1. The maximum atomic E-state index is 5.81. The van der Waals surface area contributed by atoms with Crippen molar-refractivity contribution in [2.45, 2.75) is 26.4 Å². The van der Waals surface area contributed by atoms with Crippen molar-refractivity contribution in [2.75, 3.05) is 12.3 Å². The summed E-state index contributed by atoms with van der Waals surface area (Å²) in [6, 6.07) is 1.74. The van der Waals surface area contributed by atoms with E-state index in [9.17, 15) is 0 Å². The molecule has 96 valence electrons. The van der Waals surface area contributed by atoms with Gasteiger partial charge in [0, 0.05) is 12.8 Å². The Morgan fingerprint density at radius 2 is 2.22 bits per heavy atom. The Labute approximate surface area is 105 Å². The fourth-order valence-corrected chi connectivity index (χ4v) is 1.60. The number of ether oxygens (including phenoxy) is 1. The van der Waals surface area contributed by atoms with Crippen molar-refractivity contribution in [1.82, 2.24) is 15.1 Å². The molecule has 0 saturated carbocycles. The zero-order valence-corrected chi connectivity index (χ0v) is 10.7. The van der Waals surface area contributed by atoms with Crippen molar-refractivity contribution in [3.63, 3.8) is 0 Å². The number of hydrogen-bond donors (Lipinski definition) is 1. The van der Waals surface area contributed by atoms with Crippen LogP contribution in [0, 0.1) is 0 Å². The third-order valence-electron chi connectivity index (χ3n) is 2.55. The zero-order chi connectivity index (χ0) is 13.2. The molecule has 2 aromatic rings. The lowest BCUT2D eigenvalue weighted by Gasteiger charge is -2.19. The number of nitrogens with zero attached hydrogens (tertiary/aromatic N) is 3. The average molecular weight is 248 g/mol. The van der Waals surface area contributed by atoms with Gasteiger partial charge in [0.25, 0.3) is 5.89 Å². The predicted octanol–water partition coefficient (Wildman–Crippen LogP) is 1.99. The lowest BCUT2D eigenvalue weighted by Crippen LogP contribution is -2.23. The van der Waals surface area contributed by atoms with Gasteiger partial charge in [-0.05, 0) is 26.8 Å². The Morgan fingerprint density at radius 3 is 2.89 bits per heavy atom. The molecule has 0 atom stereocenters. The maximum absolute atomic E-state index is 5.81. The van der Waals surface area contributed by atoms with E-state index in [4.69, 9.17) is 15.0 Å². The second-order valence-electron chi connectivity index (χ2n) is 4.33. The van der Waals surface area contributed by atoms with Crippen molar-refractivity contribution in [2.24, 2.45) is 0 Å². The Bertz CT molecular complexity index is 536. The highest BCUT2D eigenvalue weighted by molar-refractivity contribution is 5.68. The number of anilines is 1. The van der Waals surface area contributed by atoms with E-state index in [-0.39, 0.29) is 0 Å². The van der Waals surface area contributed by atoms with E-state index in [2.05, 4.69) is 15.1 Å². The second-order valence-corrected chi connectivity index (χ2v) is 4.33. The van der Waals surface area contributed by atoms with Crippen molar-refractivity contribution in [3.8, 4) is 11.5 Å². The van der Waals surface area contributed by atoms with Crippen LogP contribution in [-0.4, -0.2) is 21.7 Å². The van der Waals surface area contributed by atoms with Gasteiger partial charge in [-0.25, -0.2) is 0 Å². The second kappa shape index (κ2) is 4.73. The summed E-state index contributed by atoms with van der Waals surface area (Å²) in [6.45, 7) is 6.28. The largest absolute Gasteiger partial charge is 0.397 e. The molecular weight excluding hydrogens is 232 g/mol. The first-order valence-corrected chi connectivity index (χ1v) is 5.72. The minimum Gasteiger partial charge on any atom is -0.397 e. The van der Waals surface area contributed by atoms with Gasteiger partial charge in [-0.15, -0.1) is 0 Å². The summed E-state index contributed by atoms with van der Waals surface area (Å²) >= 11 is 0. The summed E-state index contributed by atoms with van der Waals surface area (Å²) in [5.41, 5.74) is 6.40. The van der Waals surface area contributed by atoms with Gasteiger partial charge < -0.3 is 15.0 Å². The molecule has 0 aliphatic carbocycles. The summed E-state index contributed by atoms with van der Waals surface area (Å²) in [7, 11) is 0. The highest BCUT2D eigenvalue weighted by Gasteiger charge is 2.27. The van der Waals surface area contributed by atoms with Crippen LogP contribution in [0.1, 0.15) is 26.6 Å². The highest BCUT2D eigenvalue weighted by atomic mass is 16.5. The van der Waals surface area contributed by atoms with Gasteiger partial charge >= 0.3 is 0 Å². The number of nitrogen functional groups attached to an aromatic ring is 1. The molecule has 2 N–H and O–H groups in total. The van der Waals surface area contributed by atoms with Crippen molar-refractivity contribution >= 4 is 5.69 Å². The summed E-state index contributed by atoms with van der Waals surface area (Å²) in [6.07, 6.45) is 3.18. The molecular formula is C12H16N4O2. The van der Waals surface area contributed by atoms with Gasteiger partial charge in [-0.3, -0.25) is 4.98 Å². The van der Waals surface area contributed by atoms with Crippen LogP contribution in [-0.2, 0) is 10.3 Å². The van der Waals surface area contributed by atoms with Crippen LogP contribution in [0.3, 0.4) is 0 Å². The molecule has 0 bridgehead atoms. The van der Waals surface area contributed by atoms with E-state index < -0.39 is 5.60 Å². The van der Waals surface area contributed by atoms with Gasteiger partial charge in [-0.1, -0.05) is 5.16 Å². The van der Waals surface area contributed by atoms with Crippen LogP contribution in [0.25, 0.3) is 11.5 Å². The molecule has 0 spiro atoms. The van der Waals surface area contributed by atoms with Gasteiger partial charge in [0.1, 0.15) is 5.60 Å². The molecule has 0 saturated heterocycles. The maximum Gasteiger partial charge on any atom is 0.260 e. The average Bonchev–Trinajstić information content (AvgIpc) is 2.79. The minimum atomic E-state index is -0.585. The molecule has 0 amide bonds. The summed E-state index contributed by atoms with van der Waals surface area (Å²) < 4.78 is 10.8. The minimum absolute atomic E-state index is 0.373. The normalized spacial score (nSPS) is 11.7. The molecule has 2 heterocycles. The van der Waals surface area contributed by atoms with Gasteiger partial charge in [0.05, 0.1) is 17.4 Å². The van der Waals surface area contributed by atoms with Crippen LogP contribution in [0.4, 0.5) is 5.69 Å². The van der Waals surface area contributed by atoms with Gasteiger partial charge in [0.2, 0.25) is 5.82 Å². The van der Waals surface area contributed by atoms with Crippen molar-refractivity contribution < 1.29 is 9.26 Å². The third-order valence-corrected chi connectivity index (χ3v) is 2.55. The Morgan fingerprint density at radius 1 is 1.44 bits per heavy atom. The van der Waals surface area contributed by atoms with E-state index in [1.807, 2.05) is 20.8 Å². The predicted molar refractivity (Wildman–Crippen MR) is 66.6 cm³/mol. The SMILES string of the molecule is CCOC(C)(C)c1noc(-c2ccncc2N)n1. The fraction of sp³-hybridized carbons (Fsp3) is 0.417. The van der Waals surface area contributed by atoms with Gasteiger partial charge in [-0.2, -0.15) is 4.98 Å². The molecule has 0 aliphatic rings. The van der Waals surface area contributed by atoms with Crippen LogP contribution < -0.4 is 5.73 Å². The highest BCUT2D eigenvalue weighted by Crippen LogP contribution is 2.27. The molecule has 0 radical (unpaired) electrons. The topological polar surface area (TPSA) is 87.1 Å². The first-order chi connectivity index (χ1) is 8.54. The molecule has 0 unspecified atom stereocenters. The number of pyridine rings is 1. The number of aromatic nitrogens is 3. The molecule has 2 rings (SSSR count). The monoisotopic (exact) mass is 248 g/mol. The number of hydrogen-bond acceptors (Lipinski definition) is 6. The molecule has 0 aliphatic heterocycles. The van der Waals surface area contributed by atoms with Crippen LogP contribution in [0.2, 0.25) is 0 Å². The number of rotatable bonds is 4.